The van der Waals surface area contributed by atoms with Crippen molar-refractivity contribution >= 4 is 11.6 Å². The number of amides is 1. The zero-order chi connectivity index (χ0) is 17.3. The molecule has 1 amide bonds. The van der Waals surface area contributed by atoms with Crippen LogP contribution >= 0.6 is 0 Å². The molecule has 126 valence electrons. The Labute approximate surface area is 138 Å². The smallest absolute Gasteiger partial charge is 0.311 e. The highest BCUT2D eigenvalue weighted by atomic mass is 16.6. The van der Waals surface area contributed by atoms with Gasteiger partial charge in [0.1, 0.15) is 0 Å². The Bertz CT molecular complexity index is 778. The van der Waals surface area contributed by atoms with Crippen molar-refractivity contribution in [1.29, 1.82) is 0 Å². The Kier molecular flexibility index (Phi) is 4.20. The van der Waals surface area contributed by atoms with E-state index in [2.05, 4.69) is 5.10 Å². The van der Waals surface area contributed by atoms with Crippen LogP contribution in [0.25, 0.3) is 0 Å². The number of phenolic OH excluding ortho intramolecular Hbond substituents is 1. The molecule has 0 saturated carbocycles. The third kappa shape index (κ3) is 3.08. The average Bonchev–Trinajstić information content (AvgIpc) is 3.01. The number of nitrogens with zero attached hydrogens (tertiary/aromatic N) is 4. The zero-order valence-electron chi connectivity index (χ0n) is 13.3. The fourth-order valence-electron chi connectivity index (χ4n) is 3.05. The number of aromatic nitrogens is 2. The number of phenols is 1. The van der Waals surface area contributed by atoms with E-state index in [9.17, 15) is 20.0 Å². The maximum atomic E-state index is 12.5. The van der Waals surface area contributed by atoms with Gasteiger partial charge in [-0.25, -0.2) is 0 Å². The number of carbonyl (C=O) groups excluding carboxylic acids is 1. The van der Waals surface area contributed by atoms with Gasteiger partial charge in [0.25, 0.3) is 5.91 Å². The molecule has 1 saturated heterocycles. The van der Waals surface area contributed by atoms with Crippen LogP contribution in [0.2, 0.25) is 0 Å². The molecule has 24 heavy (non-hydrogen) atoms. The number of piperidine rings is 1. The van der Waals surface area contributed by atoms with Crippen LogP contribution in [-0.4, -0.2) is 43.7 Å². The summed E-state index contributed by atoms with van der Waals surface area (Å²) in [5.74, 6) is -0.313. The summed E-state index contributed by atoms with van der Waals surface area (Å²) < 4.78 is 1.77. The third-order valence-electron chi connectivity index (χ3n) is 4.40. The van der Waals surface area contributed by atoms with Crippen LogP contribution in [0.1, 0.15) is 34.7 Å². The summed E-state index contributed by atoms with van der Waals surface area (Å²) in [4.78, 5) is 24.4. The SMILES string of the molecule is Cn1cc(C2CCN(C(=O)c3ccc(O)c([N+](=O)[O-])c3)CC2)cn1. The van der Waals surface area contributed by atoms with Gasteiger partial charge < -0.3 is 10.0 Å². The number of hydrogen-bond acceptors (Lipinski definition) is 5. The first kappa shape index (κ1) is 16.0. The van der Waals surface area contributed by atoms with E-state index < -0.39 is 16.4 Å². The van der Waals surface area contributed by atoms with E-state index in [1.54, 1.807) is 9.58 Å². The number of benzene rings is 1. The first-order chi connectivity index (χ1) is 11.5. The molecule has 3 rings (SSSR count). The van der Waals surface area contributed by atoms with Crippen LogP contribution in [0.5, 0.6) is 5.75 Å². The number of aromatic hydroxyl groups is 1. The van der Waals surface area contributed by atoms with Gasteiger partial charge in [0.05, 0.1) is 11.1 Å². The highest BCUT2D eigenvalue weighted by Crippen LogP contribution is 2.30. The molecule has 0 aliphatic carbocycles. The Morgan fingerprint density at radius 1 is 1.38 bits per heavy atom. The number of carbonyl (C=O) groups is 1. The van der Waals surface area contributed by atoms with Crippen molar-refractivity contribution in [2.45, 2.75) is 18.8 Å². The summed E-state index contributed by atoms with van der Waals surface area (Å²) in [7, 11) is 1.87. The molecule has 1 fully saturated rings. The molecule has 0 radical (unpaired) electrons. The van der Waals surface area contributed by atoms with Gasteiger partial charge in [-0.05, 0) is 36.5 Å². The van der Waals surface area contributed by atoms with E-state index in [4.69, 9.17) is 0 Å². The van der Waals surface area contributed by atoms with Crippen molar-refractivity contribution in [3.05, 3.63) is 51.8 Å². The monoisotopic (exact) mass is 330 g/mol. The van der Waals surface area contributed by atoms with Crippen LogP contribution in [0.3, 0.4) is 0 Å². The van der Waals surface area contributed by atoms with Crippen molar-refractivity contribution in [2.75, 3.05) is 13.1 Å². The van der Waals surface area contributed by atoms with Crippen LogP contribution in [0.4, 0.5) is 5.69 Å². The second kappa shape index (κ2) is 6.31. The summed E-state index contributed by atoms with van der Waals surface area (Å²) >= 11 is 0. The second-order valence-corrected chi connectivity index (χ2v) is 5.97. The summed E-state index contributed by atoms with van der Waals surface area (Å²) in [5.41, 5.74) is 0.940. The van der Waals surface area contributed by atoms with Gasteiger partial charge in [0, 0.05) is 38.0 Å². The van der Waals surface area contributed by atoms with Crippen LogP contribution in [0.15, 0.2) is 30.6 Å². The molecule has 2 heterocycles. The fourth-order valence-corrected chi connectivity index (χ4v) is 3.05. The molecule has 1 aromatic heterocycles. The number of rotatable bonds is 3. The molecule has 0 spiro atoms. The van der Waals surface area contributed by atoms with Gasteiger partial charge >= 0.3 is 5.69 Å². The highest BCUT2D eigenvalue weighted by molar-refractivity contribution is 5.95. The van der Waals surface area contributed by atoms with Crippen LogP contribution in [0, 0.1) is 10.1 Å². The predicted molar refractivity (Wildman–Crippen MR) is 85.8 cm³/mol. The van der Waals surface area contributed by atoms with Gasteiger partial charge in [-0.2, -0.15) is 5.10 Å². The normalized spacial score (nSPS) is 15.5. The van der Waals surface area contributed by atoms with E-state index in [1.807, 2.05) is 19.4 Å². The fraction of sp³-hybridized carbons (Fsp3) is 0.375. The number of aryl methyl sites for hydroxylation is 1. The molecule has 8 heteroatoms. The summed E-state index contributed by atoms with van der Waals surface area (Å²) in [6, 6.07) is 3.73. The summed E-state index contributed by atoms with van der Waals surface area (Å²) in [6.45, 7) is 1.18. The first-order valence-corrected chi connectivity index (χ1v) is 7.71. The molecule has 1 N–H and O–H groups in total. The van der Waals surface area contributed by atoms with Gasteiger partial charge in [0.15, 0.2) is 5.75 Å². The van der Waals surface area contributed by atoms with Crippen molar-refractivity contribution < 1.29 is 14.8 Å². The van der Waals surface area contributed by atoms with Crippen molar-refractivity contribution in [3.63, 3.8) is 0 Å². The number of nitro groups is 1. The van der Waals surface area contributed by atoms with Gasteiger partial charge in [-0.3, -0.25) is 19.6 Å². The zero-order valence-corrected chi connectivity index (χ0v) is 13.3. The van der Waals surface area contributed by atoms with Crippen molar-refractivity contribution in [1.82, 2.24) is 14.7 Å². The van der Waals surface area contributed by atoms with E-state index >= 15 is 0 Å². The maximum absolute atomic E-state index is 12.5. The lowest BCUT2D eigenvalue weighted by atomic mass is 9.91. The van der Waals surface area contributed by atoms with E-state index in [1.165, 1.54) is 17.7 Å². The molecular weight excluding hydrogens is 312 g/mol. The number of likely N-dealkylation sites (tertiary alicyclic amines) is 1. The number of nitro benzene ring substituents is 1. The minimum Gasteiger partial charge on any atom is -0.502 e. The van der Waals surface area contributed by atoms with E-state index in [0.29, 0.717) is 19.0 Å². The second-order valence-electron chi connectivity index (χ2n) is 5.97. The molecule has 1 aliphatic heterocycles. The van der Waals surface area contributed by atoms with Gasteiger partial charge in [0.2, 0.25) is 0 Å². The number of hydrogen-bond donors (Lipinski definition) is 1. The Morgan fingerprint density at radius 3 is 2.67 bits per heavy atom. The van der Waals surface area contributed by atoms with Crippen molar-refractivity contribution in [2.24, 2.45) is 7.05 Å². The topological polar surface area (TPSA) is 102 Å². The lowest BCUT2D eigenvalue weighted by Crippen LogP contribution is -2.37. The Balaban J connectivity index is 1.69. The molecule has 0 bridgehead atoms. The quantitative estimate of drug-likeness (QED) is 0.685. The lowest BCUT2D eigenvalue weighted by molar-refractivity contribution is -0.385. The highest BCUT2D eigenvalue weighted by Gasteiger charge is 2.26. The average molecular weight is 330 g/mol. The minimum absolute atomic E-state index is 0.222. The molecule has 0 atom stereocenters. The van der Waals surface area contributed by atoms with Crippen LogP contribution in [-0.2, 0) is 7.05 Å². The van der Waals surface area contributed by atoms with E-state index in [-0.39, 0.29) is 11.5 Å². The minimum atomic E-state index is -0.694. The first-order valence-electron chi connectivity index (χ1n) is 7.71. The molecule has 1 aliphatic rings. The maximum Gasteiger partial charge on any atom is 0.311 e. The van der Waals surface area contributed by atoms with E-state index in [0.717, 1.165) is 18.9 Å². The van der Waals surface area contributed by atoms with Crippen molar-refractivity contribution in [3.8, 4) is 5.75 Å². The predicted octanol–water partition coefficient (Wildman–Crippen LogP) is 2.05. The lowest BCUT2D eigenvalue weighted by Gasteiger charge is -2.31. The molecular formula is C16H18N4O4. The summed E-state index contributed by atoms with van der Waals surface area (Å²) in [6.07, 6.45) is 5.51. The largest absolute Gasteiger partial charge is 0.502 e. The van der Waals surface area contributed by atoms with Gasteiger partial charge in [-0.1, -0.05) is 0 Å². The Hall–Kier alpha value is -2.90. The molecule has 1 aromatic carbocycles. The Morgan fingerprint density at radius 2 is 2.08 bits per heavy atom. The molecule has 2 aromatic rings. The standard InChI is InChI=1S/C16H18N4O4/c1-18-10-13(9-17-18)11-4-6-19(7-5-11)16(22)12-2-3-15(21)14(8-12)20(23)24/h2-3,8-11,21H,4-7H2,1H3. The molecule has 0 unspecified atom stereocenters. The molecule has 8 nitrogen and oxygen atoms in total. The summed E-state index contributed by atoms with van der Waals surface area (Å²) in [5, 5.41) is 24.5. The van der Waals surface area contributed by atoms with Crippen LogP contribution < -0.4 is 0 Å². The van der Waals surface area contributed by atoms with Gasteiger partial charge in [-0.15, -0.1) is 0 Å². The third-order valence-corrected chi connectivity index (χ3v) is 4.40.